The lowest BCUT2D eigenvalue weighted by molar-refractivity contribution is 0.620. The molecule has 18 heavy (non-hydrogen) atoms. The van der Waals surface area contributed by atoms with Crippen molar-refractivity contribution < 1.29 is 4.39 Å². The molecule has 0 radical (unpaired) electrons. The fourth-order valence-corrected chi connectivity index (χ4v) is 3.19. The molecule has 1 aromatic carbocycles. The summed E-state index contributed by atoms with van der Waals surface area (Å²) < 4.78 is 14.8. The zero-order chi connectivity index (χ0) is 13.3. The van der Waals surface area contributed by atoms with E-state index in [0.717, 1.165) is 20.5 Å². The van der Waals surface area contributed by atoms with Crippen molar-refractivity contribution in [3.05, 3.63) is 49.3 Å². The topological polar surface area (TPSA) is 12.0 Å². The molecular weight excluding hydrogens is 337 g/mol. The van der Waals surface area contributed by atoms with Gasteiger partial charge in [-0.05, 0) is 59.6 Å². The van der Waals surface area contributed by atoms with E-state index in [0.29, 0.717) is 4.47 Å². The van der Waals surface area contributed by atoms with Gasteiger partial charge in [0.25, 0.3) is 0 Å². The van der Waals surface area contributed by atoms with Crippen molar-refractivity contribution in [1.82, 2.24) is 0 Å². The highest BCUT2D eigenvalue weighted by Gasteiger charge is 2.11. The number of hydrogen-bond acceptors (Lipinski definition) is 2. The van der Waals surface area contributed by atoms with Crippen LogP contribution in [0.2, 0.25) is 4.34 Å². The Morgan fingerprint density at radius 1 is 1.39 bits per heavy atom. The number of aryl methyl sites for hydroxylation is 1. The predicted octanol–water partition coefficient (Wildman–Crippen LogP) is 5.78. The van der Waals surface area contributed by atoms with E-state index in [2.05, 4.69) is 21.2 Å². The average Bonchev–Trinajstić information content (AvgIpc) is 2.73. The van der Waals surface area contributed by atoms with Gasteiger partial charge in [-0.25, -0.2) is 4.39 Å². The molecule has 1 atom stereocenters. The smallest absolute Gasteiger partial charge is 0.139 e. The lowest BCUT2D eigenvalue weighted by Crippen LogP contribution is -2.06. The first-order chi connectivity index (χ1) is 8.47. The standard InChI is InChI=1S/C13H12BrClFNS/c1-7-5-9(14)10(16)6-11(7)17-8(2)12-3-4-13(15)18-12/h3-6,8,17H,1-2H3. The molecule has 0 saturated carbocycles. The van der Waals surface area contributed by atoms with Gasteiger partial charge in [-0.3, -0.25) is 0 Å². The molecule has 0 spiro atoms. The van der Waals surface area contributed by atoms with E-state index in [-0.39, 0.29) is 11.9 Å². The Balaban J connectivity index is 2.21. The van der Waals surface area contributed by atoms with Crippen molar-refractivity contribution >= 4 is 44.6 Å². The summed E-state index contributed by atoms with van der Waals surface area (Å²) in [7, 11) is 0. The number of benzene rings is 1. The number of thiophene rings is 1. The van der Waals surface area contributed by atoms with Gasteiger partial charge in [-0.15, -0.1) is 11.3 Å². The number of rotatable bonds is 3. The van der Waals surface area contributed by atoms with E-state index in [1.807, 2.05) is 26.0 Å². The summed E-state index contributed by atoms with van der Waals surface area (Å²) in [6.07, 6.45) is 0. The first-order valence-electron chi connectivity index (χ1n) is 5.45. The second-order valence-electron chi connectivity index (χ2n) is 4.09. The lowest BCUT2D eigenvalue weighted by atomic mass is 10.1. The molecule has 0 amide bonds. The molecule has 2 rings (SSSR count). The molecule has 0 aliphatic heterocycles. The van der Waals surface area contributed by atoms with Crippen LogP contribution in [0.15, 0.2) is 28.7 Å². The highest BCUT2D eigenvalue weighted by atomic mass is 79.9. The second kappa shape index (κ2) is 5.59. The third kappa shape index (κ3) is 3.05. The molecule has 0 aliphatic carbocycles. The Bertz CT molecular complexity index is 570. The normalized spacial score (nSPS) is 12.5. The summed E-state index contributed by atoms with van der Waals surface area (Å²) in [5, 5.41) is 3.30. The van der Waals surface area contributed by atoms with Gasteiger partial charge in [0.05, 0.1) is 14.9 Å². The molecule has 5 heteroatoms. The Hall–Kier alpha value is -0.580. The van der Waals surface area contributed by atoms with Crippen LogP contribution in [0.5, 0.6) is 0 Å². The van der Waals surface area contributed by atoms with Crippen molar-refractivity contribution in [2.75, 3.05) is 5.32 Å². The van der Waals surface area contributed by atoms with Crippen LogP contribution in [0.3, 0.4) is 0 Å². The van der Waals surface area contributed by atoms with Gasteiger partial charge in [0.2, 0.25) is 0 Å². The minimum atomic E-state index is -0.264. The molecule has 1 N–H and O–H groups in total. The molecular formula is C13H12BrClFNS. The second-order valence-corrected chi connectivity index (χ2v) is 6.69. The van der Waals surface area contributed by atoms with Crippen molar-refractivity contribution in [3.63, 3.8) is 0 Å². The molecule has 1 nitrogen and oxygen atoms in total. The SMILES string of the molecule is Cc1cc(Br)c(F)cc1NC(C)c1ccc(Cl)s1. The fraction of sp³-hybridized carbons (Fsp3) is 0.231. The molecule has 1 heterocycles. The van der Waals surface area contributed by atoms with E-state index in [1.54, 1.807) is 6.07 Å². The van der Waals surface area contributed by atoms with Crippen molar-refractivity contribution in [1.29, 1.82) is 0 Å². The quantitative estimate of drug-likeness (QED) is 0.741. The number of hydrogen-bond donors (Lipinski definition) is 1. The zero-order valence-electron chi connectivity index (χ0n) is 9.93. The van der Waals surface area contributed by atoms with Crippen LogP contribution < -0.4 is 5.32 Å². The molecule has 96 valence electrons. The summed E-state index contributed by atoms with van der Waals surface area (Å²) in [5.41, 5.74) is 1.80. The van der Waals surface area contributed by atoms with E-state index >= 15 is 0 Å². The monoisotopic (exact) mass is 347 g/mol. The van der Waals surface area contributed by atoms with Gasteiger partial charge < -0.3 is 5.32 Å². The summed E-state index contributed by atoms with van der Waals surface area (Å²) >= 11 is 10.6. The predicted molar refractivity (Wildman–Crippen MR) is 80.2 cm³/mol. The van der Waals surface area contributed by atoms with Crippen molar-refractivity contribution in [2.45, 2.75) is 19.9 Å². The largest absolute Gasteiger partial charge is 0.377 e. The van der Waals surface area contributed by atoms with Gasteiger partial charge in [-0.2, -0.15) is 0 Å². The maximum atomic E-state index is 13.5. The maximum absolute atomic E-state index is 13.5. The summed E-state index contributed by atoms with van der Waals surface area (Å²) in [6, 6.07) is 7.22. The van der Waals surface area contributed by atoms with Gasteiger partial charge in [0, 0.05) is 10.6 Å². The zero-order valence-corrected chi connectivity index (χ0v) is 13.1. The average molecular weight is 349 g/mol. The van der Waals surface area contributed by atoms with Crippen molar-refractivity contribution in [3.8, 4) is 0 Å². The minimum Gasteiger partial charge on any atom is -0.377 e. The molecule has 0 saturated heterocycles. The Kier molecular flexibility index (Phi) is 4.30. The molecule has 1 unspecified atom stereocenters. The minimum absolute atomic E-state index is 0.0989. The van der Waals surface area contributed by atoms with Crippen LogP contribution in [-0.2, 0) is 0 Å². The number of anilines is 1. The van der Waals surface area contributed by atoms with Gasteiger partial charge >= 0.3 is 0 Å². The lowest BCUT2D eigenvalue weighted by Gasteiger charge is -2.16. The highest BCUT2D eigenvalue weighted by Crippen LogP contribution is 2.31. The van der Waals surface area contributed by atoms with Gasteiger partial charge in [0.15, 0.2) is 0 Å². The summed E-state index contributed by atoms with van der Waals surface area (Å²) in [5.74, 6) is -0.264. The highest BCUT2D eigenvalue weighted by molar-refractivity contribution is 9.10. The molecule has 0 aliphatic rings. The number of halogens is 3. The van der Waals surface area contributed by atoms with E-state index in [1.165, 1.54) is 17.4 Å². The first kappa shape index (κ1) is 13.8. The Labute approximate surface area is 123 Å². The first-order valence-corrected chi connectivity index (χ1v) is 7.43. The van der Waals surface area contributed by atoms with Crippen LogP contribution in [0, 0.1) is 12.7 Å². The summed E-state index contributed by atoms with van der Waals surface area (Å²) in [6.45, 7) is 3.97. The maximum Gasteiger partial charge on any atom is 0.139 e. The van der Waals surface area contributed by atoms with Crippen molar-refractivity contribution in [2.24, 2.45) is 0 Å². The number of nitrogens with one attached hydrogen (secondary N) is 1. The van der Waals surface area contributed by atoms with E-state index in [9.17, 15) is 4.39 Å². The third-order valence-electron chi connectivity index (χ3n) is 2.66. The van der Waals surface area contributed by atoms with Gasteiger partial charge in [0.1, 0.15) is 5.82 Å². The van der Waals surface area contributed by atoms with E-state index in [4.69, 9.17) is 11.6 Å². The van der Waals surface area contributed by atoms with Crippen LogP contribution in [0.25, 0.3) is 0 Å². The molecule has 0 bridgehead atoms. The fourth-order valence-electron chi connectivity index (χ4n) is 1.67. The Morgan fingerprint density at radius 2 is 2.11 bits per heavy atom. The third-order valence-corrected chi connectivity index (χ3v) is 4.68. The van der Waals surface area contributed by atoms with Crippen LogP contribution >= 0.6 is 38.9 Å². The van der Waals surface area contributed by atoms with Gasteiger partial charge in [-0.1, -0.05) is 11.6 Å². The van der Waals surface area contributed by atoms with E-state index < -0.39 is 0 Å². The molecule has 1 aromatic heterocycles. The summed E-state index contributed by atoms with van der Waals surface area (Å²) in [4.78, 5) is 1.13. The molecule has 0 fully saturated rings. The van der Waals surface area contributed by atoms with Crippen LogP contribution in [0.1, 0.15) is 23.4 Å². The molecule has 2 aromatic rings. The Morgan fingerprint density at radius 3 is 2.72 bits per heavy atom. The van der Waals surface area contributed by atoms with Crippen LogP contribution in [-0.4, -0.2) is 0 Å². The van der Waals surface area contributed by atoms with Crippen LogP contribution in [0.4, 0.5) is 10.1 Å².